The summed E-state index contributed by atoms with van der Waals surface area (Å²) in [7, 11) is 0. The van der Waals surface area contributed by atoms with Gasteiger partial charge in [0.05, 0.1) is 11.9 Å². The molecule has 0 bridgehead atoms. The highest BCUT2D eigenvalue weighted by molar-refractivity contribution is 7.08. The Bertz CT molecular complexity index is 944. The van der Waals surface area contributed by atoms with Gasteiger partial charge in [0.1, 0.15) is 17.3 Å². The maximum atomic E-state index is 13.9. The number of anilines is 1. The molecule has 3 rings (SSSR count). The van der Waals surface area contributed by atoms with Crippen molar-refractivity contribution in [2.24, 2.45) is 0 Å². The van der Waals surface area contributed by atoms with Gasteiger partial charge in [0, 0.05) is 0 Å². The van der Waals surface area contributed by atoms with Crippen molar-refractivity contribution in [2.75, 3.05) is 5.32 Å². The third kappa shape index (κ3) is 3.99. The highest BCUT2D eigenvalue weighted by Gasteiger charge is 2.18. The standard InChI is InChI=1S/C17H14F2N4O2S/c1-9-10(2)23-26-14(9)16(24)21-15-13(19)7-20-17(22-15)25-8-11-3-5-12(18)6-4-11/h3-7H,8H2,1-2H3,(H,20,21,22,24). The Morgan fingerprint density at radius 2 is 1.96 bits per heavy atom. The van der Waals surface area contributed by atoms with Crippen molar-refractivity contribution in [2.45, 2.75) is 20.5 Å². The SMILES string of the molecule is Cc1nsc(C(=O)Nc2nc(OCc3ccc(F)cc3)ncc2F)c1C. The van der Waals surface area contributed by atoms with Gasteiger partial charge in [0.15, 0.2) is 11.6 Å². The number of aryl methyl sites for hydroxylation is 1. The molecule has 1 N–H and O–H groups in total. The highest BCUT2D eigenvalue weighted by Crippen LogP contribution is 2.20. The number of rotatable bonds is 5. The molecule has 0 aliphatic heterocycles. The Balaban J connectivity index is 1.72. The molecule has 134 valence electrons. The summed E-state index contributed by atoms with van der Waals surface area (Å²) >= 11 is 1.03. The monoisotopic (exact) mass is 376 g/mol. The van der Waals surface area contributed by atoms with Crippen molar-refractivity contribution in [1.29, 1.82) is 0 Å². The van der Waals surface area contributed by atoms with Crippen LogP contribution in [0.15, 0.2) is 30.5 Å². The number of halogens is 2. The van der Waals surface area contributed by atoms with Crippen molar-refractivity contribution in [1.82, 2.24) is 14.3 Å². The number of benzene rings is 1. The second-order valence-corrected chi connectivity index (χ2v) is 6.21. The molecule has 0 aliphatic rings. The van der Waals surface area contributed by atoms with Crippen molar-refractivity contribution in [3.05, 3.63) is 63.8 Å². The zero-order valence-corrected chi connectivity index (χ0v) is 14.7. The van der Waals surface area contributed by atoms with E-state index in [-0.39, 0.29) is 24.3 Å². The Kier molecular flexibility index (Phi) is 5.17. The first-order chi connectivity index (χ1) is 12.4. The van der Waals surface area contributed by atoms with Crippen molar-refractivity contribution in [3.63, 3.8) is 0 Å². The maximum Gasteiger partial charge on any atom is 0.318 e. The lowest BCUT2D eigenvalue weighted by Crippen LogP contribution is -2.15. The van der Waals surface area contributed by atoms with E-state index in [9.17, 15) is 13.6 Å². The number of aromatic nitrogens is 3. The lowest BCUT2D eigenvalue weighted by molar-refractivity contribution is 0.102. The molecule has 3 aromatic rings. The fraction of sp³-hybridized carbons (Fsp3) is 0.176. The van der Waals surface area contributed by atoms with Crippen LogP contribution in [0, 0.1) is 25.5 Å². The molecule has 0 spiro atoms. The summed E-state index contributed by atoms with van der Waals surface area (Å²) in [5, 5.41) is 2.40. The number of hydrogen-bond acceptors (Lipinski definition) is 6. The van der Waals surface area contributed by atoms with Gasteiger partial charge in [-0.3, -0.25) is 4.79 Å². The number of amides is 1. The first-order valence-electron chi connectivity index (χ1n) is 7.58. The van der Waals surface area contributed by atoms with E-state index < -0.39 is 11.7 Å². The first kappa shape index (κ1) is 17.9. The number of hydrogen-bond donors (Lipinski definition) is 1. The van der Waals surface area contributed by atoms with Crippen LogP contribution < -0.4 is 10.1 Å². The van der Waals surface area contributed by atoms with Gasteiger partial charge in [0.2, 0.25) is 0 Å². The Morgan fingerprint density at radius 3 is 2.62 bits per heavy atom. The van der Waals surface area contributed by atoms with E-state index in [1.165, 1.54) is 12.1 Å². The van der Waals surface area contributed by atoms with Gasteiger partial charge in [-0.2, -0.15) is 9.36 Å². The molecule has 9 heteroatoms. The quantitative estimate of drug-likeness (QED) is 0.735. The molecule has 0 atom stereocenters. The van der Waals surface area contributed by atoms with Crippen molar-refractivity contribution < 1.29 is 18.3 Å². The topological polar surface area (TPSA) is 77.0 Å². The minimum atomic E-state index is -0.786. The van der Waals surface area contributed by atoms with Crippen LogP contribution in [-0.2, 0) is 6.61 Å². The van der Waals surface area contributed by atoms with Crippen LogP contribution in [0.1, 0.15) is 26.5 Å². The molecule has 0 fully saturated rings. The summed E-state index contributed by atoms with van der Waals surface area (Å²) in [5.41, 5.74) is 2.17. The summed E-state index contributed by atoms with van der Waals surface area (Å²) < 4.78 is 36.3. The number of nitrogens with zero attached hydrogens (tertiary/aromatic N) is 3. The molecule has 0 saturated heterocycles. The third-order valence-electron chi connectivity index (χ3n) is 3.60. The predicted octanol–water partition coefficient (Wildman–Crippen LogP) is 3.66. The lowest BCUT2D eigenvalue weighted by atomic mass is 10.2. The van der Waals surface area contributed by atoms with E-state index in [1.807, 2.05) is 0 Å². The predicted molar refractivity (Wildman–Crippen MR) is 92.3 cm³/mol. The second-order valence-electron chi connectivity index (χ2n) is 5.44. The summed E-state index contributed by atoms with van der Waals surface area (Å²) in [6, 6.07) is 5.60. The maximum absolute atomic E-state index is 13.9. The van der Waals surface area contributed by atoms with Crippen LogP contribution in [0.3, 0.4) is 0 Å². The number of carbonyl (C=O) groups excluding carboxylic acids is 1. The number of nitrogens with one attached hydrogen (secondary N) is 1. The molecule has 0 saturated carbocycles. The Hall–Kier alpha value is -2.94. The van der Waals surface area contributed by atoms with E-state index in [0.29, 0.717) is 10.4 Å². The lowest BCUT2D eigenvalue weighted by Gasteiger charge is -2.08. The number of carbonyl (C=O) groups is 1. The molecule has 2 aromatic heterocycles. The van der Waals surface area contributed by atoms with E-state index in [4.69, 9.17) is 4.74 Å². The fourth-order valence-electron chi connectivity index (χ4n) is 2.03. The minimum absolute atomic E-state index is 0.0758. The van der Waals surface area contributed by atoms with Gasteiger partial charge in [-0.1, -0.05) is 12.1 Å². The fourth-order valence-corrected chi connectivity index (χ4v) is 2.81. The summed E-state index contributed by atoms with van der Waals surface area (Å²) in [6.07, 6.45) is 0.910. The first-order valence-corrected chi connectivity index (χ1v) is 8.35. The van der Waals surface area contributed by atoms with Crippen molar-refractivity contribution in [3.8, 4) is 6.01 Å². The molecular formula is C17H14F2N4O2S. The number of ether oxygens (including phenoxy) is 1. The molecule has 1 amide bonds. The Labute approximate surface area is 152 Å². The van der Waals surface area contributed by atoms with Crippen LogP contribution in [0.4, 0.5) is 14.6 Å². The van der Waals surface area contributed by atoms with Crippen LogP contribution >= 0.6 is 11.5 Å². The summed E-state index contributed by atoms with van der Waals surface area (Å²) in [5.74, 6) is -1.93. The molecule has 1 aromatic carbocycles. The molecule has 6 nitrogen and oxygen atoms in total. The minimum Gasteiger partial charge on any atom is -0.459 e. The highest BCUT2D eigenvalue weighted by atomic mass is 32.1. The van der Waals surface area contributed by atoms with E-state index in [0.717, 1.165) is 29.0 Å². The Morgan fingerprint density at radius 1 is 1.23 bits per heavy atom. The molecule has 0 radical (unpaired) electrons. The van der Waals surface area contributed by atoms with Crippen molar-refractivity contribution >= 4 is 23.3 Å². The van der Waals surface area contributed by atoms with E-state index in [1.54, 1.807) is 26.0 Å². The largest absolute Gasteiger partial charge is 0.459 e. The smallest absolute Gasteiger partial charge is 0.318 e. The zero-order valence-electron chi connectivity index (χ0n) is 13.9. The van der Waals surface area contributed by atoms with Gasteiger partial charge in [-0.25, -0.2) is 13.8 Å². The van der Waals surface area contributed by atoms with Gasteiger partial charge >= 0.3 is 6.01 Å². The van der Waals surface area contributed by atoms with Crippen LogP contribution in [-0.4, -0.2) is 20.2 Å². The average Bonchev–Trinajstić information content (AvgIpc) is 2.96. The third-order valence-corrected chi connectivity index (χ3v) is 4.64. The molecule has 26 heavy (non-hydrogen) atoms. The molecule has 2 heterocycles. The van der Waals surface area contributed by atoms with E-state index in [2.05, 4.69) is 19.7 Å². The van der Waals surface area contributed by atoms with Gasteiger partial charge in [-0.15, -0.1) is 0 Å². The van der Waals surface area contributed by atoms with Gasteiger partial charge < -0.3 is 10.1 Å². The zero-order chi connectivity index (χ0) is 18.7. The van der Waals surface area contributed by atoms with Crippen LogP contribution in [0.25, 0.3) is 0 Å². The molecule has 0 unspecified atom stereocenters. The second kappa shape index (κ2) is 7.52. The molecule has 0 aliphatic carbocycles. The van der Waals surface area contributed by atoms with Gasteiger partial charge in [0.25, 0.3) is 5.91 Å². The summed E-state index contributed by atoms with van der Waals surface area (Å²) in [4.78, 5) is 20.3. The van der Waals surface area contributed by atoms with Crippen LogP contribution in [0.2, 0.25) is 0 Å². The average molecular weight is 376 g/mol. The van der Waals surface area contributed by atoms with E-state index >= 15 is 0 Å². The normalized spacial score (nSPS) is 10.6. The molecular weight excluding hydrogens is 362 g/mol. The van der Waals surface area contributed by atoms with Crippen LogP contribution in [0.5, 0.6) is 6.01 Å². The summed E-state index contributed by atoms with van der Waals surface area (Å²) in [6.45, 7) is 3.63. The van der Waals surface area contributed by atoms with Gasteiger partial charge in [-0.05, 0) is 48.6 Å².